The van der Waals surface area contributed by atoms with E-state index in [1.54, 1.807) is 24.3 Å². The van der Waals surface area contributed by atoms with Crippen LogP contribution in [0.25, 0.3) is 6.08 Å². The molecule has 8 nitrogen and oxygen atoms in total. The molecule has 0 unspecified atom stereocenters. The summed E-state index contributed by atoms with van der Waals surface area (Å²) >= 11 is 5.84. The standard InChI is InChI=1S/C18H15ClN2O6/c1-26-14-6-7-15(16(10-14)21(24)25)20-17(22)11-27-18(23)8-5-12-3-2-4-13(19)9-12/h2-10H,11H2,1H3,(H,20,22)/b8-5+. The van der Waals surface area contributed by atoms with Gasteiger partial charge in [0.05, 0.1) is 18.1 Å². The van der Waals surface area contributed by atoms with Crippen LogP contribution < -0.4 is 10.1 Å². The highest BCUT2D eigenvalue weighted by atomic mass is 35.5. The molecule has 9 heteroatoms. The largest absolute Gasteiger partial charge is 0.496 e. The van der Waals surface area contributed by atoms with Gasteiger partial charge in [-0.2, -0.15) is 0 Å². The molecule has 2 rings (SSSR count). The number of amides is 1. The summed E-state index contributed by atoms with van der Waals surface area (Å²) in [6.45, 7) is -0.595. The molecule has 0 atom stereocenters. The lowest BCUT2D eigenvalue weighted by Gasteiger charge is -2.07. The first kappa shape index (κ1) is 19.9. The van der Waals surface area contributed by atoms with Crippen molar-refractivity contribution in [2.45, 2.75) is 0 Å². The zero-order valence-electron chi connectivity index (χ0n) is 14.2. The van der Waals surface area contributed by atoms with Crippen molar-refractivity contribution >= 4 is 40.9 Å². The van der Waals surface area contributed by atoms with E-state index in [0.29, 0.717) is 10.6 Å². The third-order valence-corrected chi connectivity index (χ3v) is 3.52. The van der Waals surface area contributed by atoms with E-state index in [4.69, 9.17) is 21.1 Å². The van der Waals surface area contributed by atoms with Crippen LogP contribution in [0, 0.1) is 10.1 Å². The molecule has 0 aromatic heterocycles. The van der Waals surface area contributed by atoms with Crippen molar-refractivity contribution in [3.05, 3.63) is 69.2 Å². The number of methoxy groups -OCH3 is 1. The maximum atomic E-state index is 11.9. The Morgan fingerprint density at radius 1 is 1.26 bits per heavy atom. The molecule has 27 heavy (non-hydrogen) atoms. The molecule has 0 fully saturated rings. The highest BCUT2D eigenvalue weighted by Gasteiger charge is 2.17. The summed E-state index contributed by atoms with van der Waals surface area (Å²) in [6, 6.07) is 10.8. The Balaban J connectivity index is 1.92. The number of benzene rings is 2. The number of hydrogen-bond donors (Lipinski definition) is 1. The Bertz CT molecular complexity index is 897. The Hall–Kier alpha value is -3.39. The topological polar surface area (TPSA) is 108 Å². The summed E-state index contributed by atoms with van der Waals surface area (Å²) in [5.41, 5.74) is 0.323. The lowest BCUT2D eigenvalue weighted by molar-refractivity contribution is -0.384. The number of halogens is 1. The second-order valence-electron chi connectivity index (χ2n) is 5.18. The van der Waals surface area contributed by atoms with E-state index >= 15 is 0 Å². The molecule has 0 radical (unpaired) electrons. The van der Waals surface area contributed by atoms with Gasteiger partial charge in [0.1, 0.15) is 11.4 Å². The number of hydrogen-bond acceptors (Lipinski definition) is 6. The summed E-state index contributed by atoms with van der Waals surface area (Å²) in [6.07, 6.45) is 2.63. The fourth-order valence-corrected chi connectivity index (χ4v) is 2.24. The molecular weight excluding hydrogens is 376 g/mol. The number of nitrogens with zero attached hydrogens (tertiary/aromatic N) is 1. The monoisotopic (exact) mass is 390 g/mol. The molecule has 2 aromatic rings. The smallest absolute Gasteiger partial charge is 0.331 e. The number of esters is 1. The quantitative estimate of drug-likeness (QED) is 0.336. The molecular formula is C18H15ClN2O6. The molecule has 0 saturated carbocycles. The Morgan fingerprint density at radius 2 is 2.04 bits per heavy atom. The first-order chi connectivity index (χ1) is 12.9. The molecule has 140 valence electrons. The summed E-state index contributed by atoms with van der Waals surface area (Å²) in [5, 5.41) is 13.9. The number of nitro benzene ring substituents is 1. The second-order valence-corrected chi connectivity index (χ2v) is 5.62. The molecule has 0 saturated heterocycles. The van der Waals surface area contributed by atoms with Crippen LogP contribution in [0.5, 0.6) is 5.75 Å². The van der Waals surface area contributed by atoms with E-state index in [1.807, 2.05) is 0 Å². The predicted octanol–water partition coefficient (Wildman–Crippen LogP) is 3.45. The van der Waals surface area contributed by atoms with E-state index in [-0.39, 0.29) is 17.1 Å². The maximum absolute atomic E-state index is 11.9. The third-order valence-electron chi connectivity index (χ3n) is 3.28. The van der Waals surface area contributed by atoms with Crippen LogP contribution in [0.15, 0.2) is 48.5 Å². The van der Waals surface area contributed by atoms with Gasteiger partial charge in [-0.05, 0) is 35.9 Å². The molecule has 0 aliphatic rings. The van der Waals surface area contributed by atoms with Crippen molar-refractivity contribution in [3.63, 3.8) is 0 Å². The first-order valence-electron chi connectivity index (χ1n) is 7.61. The number of nitro groups is 1. The fourth-order valence-electron chi connectivity index (χ4n) is 2.04. The van der Waals surface area contributed by atoms with Gasteiger partial charge in [0, 0.05) is 11.1 Å². The molecule has 0 heterocycles. The molecule has 0 spiro atoms. The van der Waals surface area contributed by atoms with Gasteiger partial charge in [-0.15, -0.1) is 0 Å². The highest BCUT2D eigenvalue weighted by molar-refractivity contribution is 6.30. The Morgan fingerprint density at radius 3 is 2.70 bits per heavy atom. The van der Waals surface area contributed by atoms with Crippen LogP contribution in [0.3, 0.4) is 0 Å². The van der Waals surface area contributed by atoms with Gasteiger partial charge < -0.3 is 14.8 Å². The van der Waals surface area contributed by atoms with E-state index in [9.17, 15) is 19.7 Å². The van der Waals surface area contributed by atoms with E-state index in [0.717, 1.165) is 6.08 Å². The van der Waals surface area contributed by atoms with Crippen LogP contribution in [0.1, 0.15) is 5.56 Å². The average Bonchev–Trinajstić information content (AvgIpc) is 2.65. The Labute approximate surface area is 159 Å². The molecule has 1 N–H and O–H groups in total. The van der Waals surface area contributed by atoms with Crippen LogP contribution in [-0.2, 0) is 14.3 Å². The van der Waals surface area contributed by atoms with E-state index in [2.05, 4.69) is 5.32 Å². The maximum Gasteiger partial charge on any atom is 0.331 e. The highest BCUT2D eigenvalue weighted by Crippen LogP contribution is 2.28. The van der Waals surface area contributed by atoms with Crippen molar-refractivity contribution in [1.82, 2.24) is 0 Å². The fraction of sp³-hybridized carbons (Fsp3) is 0.111. The summed E-state index contributed by atoms with van der Waals surface area (Å²) in [7, 11) is 1.37. The second kappa shape index (κ2) is 9.35. The van der Waals surface area contributed by atoms with Gasteiger partial charge in [0.15, 0.2) is 6.61 Å². The van der Waals surface area contributed by atoms with Crippen molar-refractivity contribution in [2.75, 3.05) is 19.0 Å². The zero-order chi connectivity index (χ0) is 19.8. The molecule has 2 aromatic carbocycles. The number of nitrogens with one attached hydrogen (secondary N) is 1. The summed E-state index contributed by atoms with van der Waals surface area (Å²) < 4.78 is 9.72. The number of anilines is 1. The lowest BCUT2D eigenvalue weighted by Crippen LogP contribution is -2.20. The average molecular weight is 391 g/mol. The number of carbonyl (C=O) groups excluding carboxylic acids is 2. The van der Waals surface area contributed by atoms with Crippen LogP contribution in [0.4, 0.5) is 11.4 Å². The van der Waals surface area contributed by atoms with Crippen LogP contribution in [0.2, 0.25) is 5.02 Å². The van der Waals surface area contributed by atoms with E-state index in [1.165, 1.54) is 31.4 Å². The van der Waals surface area contributed by atoms with Gasteiger partial charge in [-0.3, -0.25) is 14.9 Å². The Kier molecular flexibility index (Phi) is 6.90. The number of ether oxygens (including phenoxy) is 2. The molecule has 0 aliphatic carbocycles. The van der Waals surface area contributed by atoms with Gasteiger partial charge in [0.25, 0.3) is 11.6 Å². The third kappa shape index (κ3) is 6.12. The van der Waals surface area contributed by atoms with Crippen LogP contribution >= 0.6 is 11.6 Å². The van der Waals surface area contributed by atoms with Crippen molar-refractivity contribution < 1.29 is 24.0 Å². The minimum Gasteiger partial charge on any atom is -0.496 e. The molecule has 0 bridgehead atoms. The lowest BCUT2D eigenvalue weighted by atomic mass is 10.2. The van der Waals surface area contributed by atoms with Crippen molar-refractivity contribution in [1.29, 1.82) is 0 Å². The normalized spacial score (nSPS) is 10.4. The number of carbonyl (C=O) groups is 2. The molecule has 0 aliphatic heterocycles. The first-order valence-corrected chi connectivity index (χ1v) is 7.99. The SMILES string of the molecule is COc1ccc(NC(=O)COC(=O)/C=C/c2cccc(Cl)c2)c([N+](=O)[O-])c1. The van der Waals surface area contributed by atoms with Gasteiger partial charge >= 0.3 is 5.97 Å². The number of rotatable bonds is 7. The van der Waals surface area contributed by atoms with Crippen LogP contribution in [-0.4, -0.2) is 30.5 Å². The minimum atomic E-state index is -0.741. The van der Waals surface area contributed by atoms with Gasteiger partial charge in [0.2, 0.25) is 0 Å². The molecule has 1 amide bonds. The van der Waals surface area contributed by atoms with Gasteiger partial charge in [-0.25, -0.2) is 4.79 Å². The predicted molar refractivity (Wildman–Crippen MR) is 99.7 cm³/mol. The van der Waals surface area contributed by atoms with E-state index < -0.39 is 23.4 Å². The summed E-state index contributed by atoms with van der Waals surface area (Å²) in [5.74, 6) is -1.18. The zero-order valence-corrected chi connectivity index (χ0v) is 14.9. The summed E-state index contributed by atoms with van der Waals surface area (Å²) in [4.78, 5) is 34.0. The van der Waals surface area contributed by atoms with Gasteiger partial charge in [-0.1, -0.05) is 23.7 Å². The minimum absolute atomic E-state index is 0.0312. The van der Waals surface area contributed by atoms with Crippen molar-refractivity contribution in [2.24, 2.45) is 0 Å². The van der Waals surface area contributed by atoms with Crippen molar-refractivity contribution in [3.8, 4) is 5.75 Å².